The number of hydrogen-bond donors (Lipinski definition) is 1. The molecule has 0 saturated heterocycles. The average Bonchev–Trinajstić information content (AvgIpc) is 2.25. The second kappa shape index (κ2) is 5.66. The number of hydrogen-bond acceptors (Lipinski definition) is 2. The standard InChI is InChI=1S/C16H18BrNO/c1-10-4-11(2)16(12(3)5-10)9-19-15-7-13(17)6-14(18)8-15/h4-8H,9,18H2,1-3H3. The van der Waals surface area contributed by atoms with Crippen LogP contribution in [0, 0.1) is 20.8 Å². The van der Waals surface area contributed by atoms with Crippen LogP contribution in [0.25, 0.3) is 0 Å². The van der Waals surface area contributed by atoms with E-state index in [0.29, 0.717) is 12.3 Å². The van der Waals surface area contributed by atoms with E-state index in [-0.39, 0.29) is 0 Å². The van der Waals surface area contributed by atoms with Gasteiger partial charge in [-0.25, -0.2) is 0 Å². The van der Waals surface area contributed by atoms with E-state index >= 15 is 0 Å². The molecule has 2 aromatic carbocycles. The molecule has 0 heterocycles. The van der Waals surface area contributed by atoms with E-state index < -0.39 is 0 Å². The van der Waals surface area contributed by atoms with Crippen LogP contribution in [0.1, 0.15) is 22.3 Å². The number of aryl methyl sites for hydroxylation is 3. The minimum Gasteiger partial charge on any atom is -0.489 e. The molecule has 0 spiro atoms. The van der Waals surface area contributed by atoms with Gasteiger partial charge in [0.05, 0.1) is 0 Å². The van der Waals surface area contributed by atoms with E-state index in [2.05, 4.69) is 48.8 Å². The highest BCUT2D eigenvalue weighted by atomic mass is 79.9. The summed E-state index contributed by atoms with van der Waals surface area (Å²) >= 11 is 3.42. The number of ether oxygens (including phenoxy) is 1. The zero-order valence-electron chi connectivity index (χ0n) is 11.5. The number of rotatable bonds is 3. The Morgan fingerprint density at radius 1 is 1.00 bits per heavy atom. The van der Waals surface area contributed by atoms with Crippen molar-refractivity contribution in [1.29, 1.82) is 0 Å². The largest absolute Gasteiger partial charge is 0.489 e. The van der Waals surface area contributed by atoms with E-state index in [4.69, 9.17) is 10.5 Å². The van der Waals surface area contributed by atoms with Crippen molar-refractivity contribution in [3.8, 4) is 5.75 Å². The maximum atomic E-state index is 5.85. The van der Waals surface area contributed by atoms with Crippen LogP contribution in [0.4, 0.5) is 5.69 Å². The van der Waals surface area contributed by atoms with E-state index in [1.54, 1.807) is 0 Å². The second-order valence-electron chi connectivity index (χ2n) is 4.89. The third-order valence-corrected chi connectivity index (χ3v) is 3.58. The monoisotopic (exact) mass is 319 g/mol. The summed E-state index contributed by atoms with van der Waals surface area (Å²) in [5.41, 5.74) is 11.5. The van der Waals surface area contributed by atoms with Crippen LogP contribution in [-0.2, 0) is 6.61 Å². The molecule has 0 aliphatic heterocycles. The Labute approximate surface area is 122 Å². The van der Waals surface area contributed by atoms with Crippen LogP contribution < -0.4 is 10.5 Å². The highest BCUT2D eigenvalue weighted by molar-refractivity contribution is 9.10. The van der Waals surface area contributed by atoms with Crippen molar-refractivity contribution in [2.24, 2.45) is 0 Å². The van der Waals surface area contributed by atoms with Gasteiger partial charge in [0.2, 0.25) is 0 Å². The first kappa shape index (κ1) is 13.9. The first-order valence-corrected chi connectivity index (χ1v) is 7.00. The lowest BCUT2D eigenvalue weighted by Gasteiger charge is -2.13. The molecule has 0 radical (unpaired) electrons. The average molecular weight is 320 g/mol. The number of anilines is 1. The maximum absolute atomic E-state index is 5.85. The van der Waals surface area contributed by atoms with Crippen molar-refractivity contribution in [1.82, 2.24) is 0 Å². The van der Waals surface area contributed by atoms with Crippen LogP contribution in [0.3, 0.4) is 0 Å². The molecule has 0 aliphatic rings. The van der Waals surface area contributed by atoms with Crippen LogP contribution in [0.5, 0.6) is 5.75 Å². The molecule has 0 aliphatic carbocycles. The number of nitrogen functional groups attached to an aromatic ring is 1. The number of benzene rings is 2. The van der Waals surface area contributed by atoms with Crippen LogP contribution in [-0.4, -0.2) is 0 Å². The van der Waals surface area contributed by atoms with Gasteiger partial charge in [-0.05, 0) is 49.6 Å². The maximum Gasteiger partial charge on any atom is 0.122 e. The van der Waals surface area contributed by atoms with Crippen molar-refractivity contribution in [3.05, 3.63) is 57.1 Å². The van der Waals surface area contributed by atoms with Crippen molar-refractivity contribution in [3.63, 3.8) is 0 Å². The molecular weight excluding hydrogens is 302 g/mol. The summed E-state index contributed by atoms with van der Waals surface area (Å²) in [6, 6.07) is 9.98. The summed E-state index contributed by atoms with van der Waals surface area (Å²) in [5, 5.41) is 0. The Hall–Kier alpha value is -1.48. The smallest absolute Gasteiger partial charge is 0.122 e. The summed E-state index contributed by atoms with van der Waals surface area (Å²) in [5.74, 6) is 0.784. The summed E-state index contributed by atoms with van der Waals surface area (Å²) in [6.07, 6.45) is 0. The lowest BCUT2D eigenvalue weighted by Crippen LogP contribution is -2.01. The van der Waals surface area contributed by atoms with E-state index in [0.717, 1.165) is 10.2 Å². The normalized spacial score (nSPS) is 10.5. The second-order valence-corrected chi connectivity index (χ2v) is 5.80. The zero-order chi connectivity index (χ0) is 14.0. The van der Waals surface area contributed by atoms with Crippen LogP contribution in [0.2, 0.25) is 0 Å². The Balaban J connectivity index is 2.19. The van der Waals surface area contributed by atoms with Crippen molar-refractivity contribution < 1.29 is 4.74 Å². The van der Waals surface area contributed by atoms with Crippen molar-refractivity contribution >= 4 is 21.6 Å². The molecule has 100 valence electrons. The van der Waals surface area contributed by atoms with Gasteiger partial charge in [-0.2, -0.15) is 0 Å². The first-order chi connectivity index (χ1) is 8.95. The predicted octanol–water partition coefficient (Wildman–Crippen LogP) is 4.54. The molecule has 0 atom stereocenters. The van der Waals surface area contributed by atoms with Crippen LogP contribution >= 0.6 is 15.9 Å². The lowest BCUT2D eigenvalue weighted by atomic mass is 10.0. The highest BCUT2D eigenvalue weighted by Crippen LogP contribution is 2.25. The molecule has 2 rings (SSSR count). The van der Waals surface area contributed by atoms with Gasteiger partial charge in [0.1, 0.15) is 12.4 Å². The number of nitrogens with two attached hydrogens (primary N) is 1. The van der Waals surface area contributed by atoms with E-state index in [1.807, 2.05) is 18.2 Å². The zero-order valence-corrected chi connectivity index (χ0v) is 13.0. The van der Waals surface area contributed by atoms with Gasteiger partial charge in [-0.1, -0.05) is 33.6 Å². The van der Waals surface area contributed by atoms with Gasteiger partial charge in [-0.3, -0.25) is 0 Å². The highest BCUT2D eigenvalue weighted by Gasteiger charge is 2.05. The molecule has 0 bridgehead atoms. The summed E-state index contributed by atoms with van der Waals surface area (Å²) in [6.45, 7) is 6.91. The Kier molecular flexibility index (Phi) is 4.15. The summed E-state index contributed by atoms with van der Waals surface area (Å²) < 4.78 is 6.78. The van der Waals surface area contributed by atoms with Gasteiger partial charge >= 0.3 is 0 Å². The third kappa shape index (κ3) is 3.51. The van der Waals surface area contributed by atoms with Crippen molar-refractivity contribution in [2.75, 3.05) is 5.73 Å². The molecule has 19 heavy (non-hydrogen) atoms. The minimum absolute atomic E-state index is 0.563. The number of halogens is 1. The molecule has 2 aromatic rings. The van der Waals surface area contributed by atoms with Gasteiger partial charge in [-0.15, -0.1) is 0 Å². The fourth-order valence-electron chi connectivity index (χ4n) is 2.26. The Morgan fingerprint density at radius 2 is 1.63 bits per heavy atom. The van der Waals surface area contributed by atoms with Gasteiger partial charge in [0, 0.05) is 16.2 Å². The topological polar surface area (TPSA) is 35.2 Å². The van der Waals surface area contributed by atoms with Gasteiger partial charge in [0.25, 0.3) is 0 Å². The first-order valence-electron chi connectivity index (χ1n) is 6.21. The molecule has 2 nitrogen and oxygen atoms in total. The lowest BCUT2D eigenvalue weighted by molar-refractivity contribution is 0.304. The SMILES string of the molecule is Cc1cc(C)c(COc2cc(N)cc(Br)c2)c(C)c1. The Morgan fingerprint density at radius 3 is 2.21 bits per heavy atom. The van der Waals surface area contributed by atoms with Gasteiger partial charge in [0.15, 0.2) is 0 Å². The minimum atomic E-state index is 0.563. The molecule has 0 aromatic heterocycles. The molecule has 0 saturated carbocycles. The fraction of sp³-hybridized carbons (Fsp3) is 0.250. The molecule has 3 heteroatoms. The van der Waals surface area contributed by atoms with Crippen LogP contribution in [0.15, 0.2) is 34.8 Å². The molecular formula is C16H18BrNO. The predicted molar refractivity (Wildman–Crippen MR) is 83.5 cm³/mol. The molecule has 0 fully saturated rings. The molecule has 0 unspecified atom stereocenters. The quantitative estimate of drug-likeness (QED) is 0.843. The van der Waals surface area contributed by atoms with Gasteiger partial charge < -0.3 is 10.5 Å². The molecule has 2 N–H and O–H groups in total. The van der Waals surface area contributed by atoms with Crippen molar-refractivity contribution in [2.45, 2.75) is 27.4 Å². The Bertz CT molecular complexity index is 564. The third-order valence-electron chi connectivity index (χ3n) is 3.12. The van der Waals surface area contributed by atoms with E-state index in [1.165, 1.54) is 22.3 Å². The van der Waals surface area contributed by atoms with E-state index in [9.17, 15) is 0 Å². The molecule has 0 amide bonds. The summed E-state index contributed by atoms with van der Waals surface area (Å²) in [4.78, 5) is 0. The fourth-order valence-corrected chi connectivity index (χ4v) is 2.75. The summed E-state index contributed by atoms with van der Waals surface area (Å²) in [7, 11) is 0.